The zero-order valence-corrected chi connectivity index (χ0v) is 20.0. The molecule has 174 valence electrons. The van der Waals surface area contributed by atoms with Crippen molar-refractivity contribution in [3.05, 3.63) is 70.8 Å². The highest BCUT2D eigenvalue weighted by atomic mass is 32.2. The summed E-state index contributed by atoms with van der Waals surface area (Å²) < 4.78 is 28.6. The molecule has 0 atom stereocenters. The molecule has 0 saturated carbocycles. The van der Waals surface area contributed by atoms with Gasteiger partial charge in [0.15, 0.2) is 9.84 Å². The number of thioether (sulfide) groups is 1. The monoisotopic (exact) mass is 494 g/mol. The van der Waals surface area contributed by atoms with Crippen molar-refractivity contribution in [1.82, 2.24) is 4.98 Å². The summed E-state index contributed by atoms with van der Waals surface area (Å²) in [6.07, 6.45) is 1.18. The molecule has 2 aromatic carbocycles. The first kappa shape index (κ1) is 25.1. The van der Waals surface area contributed by atoms with Crippen molar-refractivity contribution < 1.29 is 18.3 Å². The molecular formula is C24H22N4O4S2. The molecule has 10 heteroatoms. The van der Waals surface area contributed by atoms with E-state index in [0.29, 0.717) is 33.2 Å². The van der Waals surface area contributed by atoms with Crippen LogP contribution in [-0.2, 0) is 21.3 Å². The summed E-state index contributed by atoms with van der Waals surface area (Å²) in [6, 6.07) is 18.2. The Labute approximate surface area is 202 Å². The van der Waals surface area contributed by atoms with Crippen LogP contribution in [0, 0.1) is 22.7 Å². The zero-order valence-electron chi connectivity index (χ0n) is 18.4. The standard InChI is InChI=1S/C24H22N4O4S2/c1-34(30,31)15-17-4-2-3-16(11-17)14-33-24-21(13-26)22(20(12-25)23(27)28-24)18-5-7-19(8-6-18)32-10-9-29/h2-8,11,29H,9-10,14-15H2,1H3,(H2,27,28). The topological polar surface area (TPSA) is 150 Å². The number of hydrogen-bond acceptors (Lipinski definition) is 9. The fraction of sp³-hybridized carbons (Fsp3) is 0.208. The van der Waals surface area contributed by atoms with Crippen molar-refractivity contribution in [3.63, 3.8) is 0 Å². The molecule has 0 amide bonds. The number of aliphatic hydroxyl groups excluding tert-OH is 1. The van der Waals surface area contributed by atoms with Gasteiger partial charge >= 0.3 is 0 Å². The van der Waals surface area contributed by atoms with Crippen molar-refractivity contribution in [2.24, 2.45) is 0 Å². The number of aromatic nitrogens is 1. The number of nitrogen functional groups attached to an aromatic ring is 1. The number of nitriles is 2. The molecule has 0 radical (unpaired) electrons. The second kappa shape index (κ2) is 11.0. The van der Waals surface area contributed by atoms with Gasteiger partial charge in [-0.2, -0.15) is 10.5 Å². The van der Waals surface area contributed by atoms with Crippen molar-refractivity contribution in [3.8, 4) is 29.0 Å². The summed E-state index contributed by atoms with van der Waals surface area (Å²) in [5.74, 6) is 0.933. The molecule has 0 saturated heterocycles. The van der Waals surface area contributed by atoms with Crippen LogP contribution in [0.2, 0.25) is 0 Å². The van der Waals surface area contributed by atoms with Crippen molar-refractivity contribution in [2.75, 3.05) is 25.2 Å². The van der Waals surface area contributed by atoms with Crippen molar-refractivity contribution >= 4 is 27.4 Å². The van der Waals surface area contributed by atoms with E-state index in [1.807, 2.05) is 12.1 Å². The van der Waals surface area contributed by atoms with Gasteiger partial charge in [0, 0.05) is 17.6 Å². The number of benzene rings is 2. The van der Waals surface area contributed by atoms with Crippen molar-refractivity contribution in [2.45, 2.75) is 16.5 Å². The minimum Gasteiger partial charge on any atom is -0.491 e. The van der Waals surface area contributed by atoms with E-state index in [0.717, 1.165) is 5.56 Å². The second-order valence-corrected chi connectivity index (χ2v) is 10.5. The molecule has 0 fully saturated rings. The quantitative estimate of drug-likeness (QED) is 0.427. The van der Waals surface area contributed by atoms with Gasteiger partial charge in [-0.05, 0) is 28.8 Å². The van der Waals surface area contributed by atoms with Crippen LogP contribution in [-0.4, -0.2) is 38.0 Å². The molecule has 3 rings (SSSR count). The molecule has 0 aliphatic rings. The fourth-order valence-corrected chi connectivity index (χ4v) is 5.06. The first-order valence-electron chi connectivity index (χ1n) is 10.1. The van der Waals surface area contributed by atoms with E-state index in [1.165, 1.54) is 18.0 Å². The Morgan fingerprint density at radius 1 is 1.09 bits per heavy atom. The van der Waals surface area contributed by atoms with Crippen molar-refractivity contribution in [1.29, 1.82) is 10.5 Å². The highest BCUT2D eigenvalue weighted by molar-refractivity contribution is 7.98. The lowest BCUT2D eigenvalue weighted by molar-refractivity contribution is 0.201. The number of rotatable bonds is 9. The van der Waals surface area contributed by atoms with Gasteiger partial charge in [-0.1, -0.05) is 36.4 Å². The third-order valence-electron chi connectivity index (χ3n) is 4.71. The molecular weight excluding hydrogens is 472 g/mol. The van der Waals surface area contributed by atoms with E-state index >= 15 is 0 Å². The van der Waals surface area contributed by atoms with E-state index in [-0.39, 0.29) is 35.9 Å². The van der Waals surface area contributed by atoms with E-state index < -0.39 is 9.84 Å². The number of nitrogens with zero attached hydrogens (tertiary/aromatic N) is 3. The Balaban J connectivity index is 1.96. The molecule has 3 N–H and O–H groups in total. The Morgan fingerprint density at radius 3 is 2.38 bits per heavy atom. The molecule has 0 bridgehead atoms. The number of anilines is 1. The lowest BCUT2D eigenvalue weighted by atomic mass is 9.97. The number of hydrogen-bond donors (Lipinski definition) is 2. The van der Waals surface area contributed by atoms with E-state index in [1.54, 1.807) is 42.5 Å². The van der Waals surface area contributed by atoms with E-state index in [4.69, 9.17) is 15.6 Å². The van der Waals surface area contributed by atoms with Gasteiger partial charge in [0.1, 0.15) is 40.9 Å². The molecule has 1 aromatic heterocycles. The third-order valence-corrected chi connectivity index (χ3v) is 6.62. The highest BCUT2D eigenvalue weighted by Crippen LogP contribution is 2.37. The molecule has 0 spiro atoms. The summed E-state index contributed by atoms with van der Waals surface area (Å²) in [4.78, 5) is 4.30. The average Bonchev–Trinajstić information content (AvgIpc) is 2.80. The van der Waals surface area contributed by atoms with Gasteiger partial charge in [0.2, 0.25) is 0 Å². The normalized spacial score (nSPS) is 10.9. The maximum atomic E-state index is 11.6. The van der Waals surface area contributed by atoms with Gasteiger partial charge in [-0.25, -0.2) is 13.4 Å². The number of nitrogens with two attached hydrogens (primary N) is 1. The maximum absolute atomic E-state index is 11.6. The summed E-state index contributed by atoms with van der Waals surface area (Å²) >= 11 is 1.28. The summed E-state index contributed by atoms with van der Waals surface area (Å²) in [5, 5.41) is 28.9. The smallest absolute Gasteiger partial charge is 0.151 e. The second-order valence-electron chi connectivity index (χ2n) is 7.43. The molecule has 3 aromatic rings. The number of ether oxygens (including phenoxy) is 1. The van der Waals surface area contributed by atoms with Gasteiger partial charge < -0.3 is 15.6 Å². The van der Waals surface area contributed by atoms with E-state index in [2.05, 4.69) is 11.1 Å². The van der Waals surface area contributed by atoms with E-state index in [9.17, 15) is 18.9 Å². The number of pyridine rings is 1. The largest absolute Gasteiger partial charge is 0.491 e. The molecule has 8 nitrogen and oxygen atoms in total. The first-order valence-corrected chi connectivity index (χ1v) is 13.2. The van der Waals surface area contributed by atoms with Gasteiger partial charge in [-0.3, -0.25) is 0 Å². The van der Waals surface area contributed by atoms with Crippen LogP contribution in [0.15, 0.2) is 53.6 Å². The molecule has 34 heavy (non-hydrogen) atoms. The van der Waals surface area contributed by atoms with Crippen LogP contribution < -0.4 is 10.5 Å². The minimum absolute atomic E-state index is 0.0189. The molecule has 0 unspecified atom stereocenters. The average molecular weight is 495 g/mol. The molecule has 0 aliphatic heterocycles. The molecule has 0 aliphatic carbocycles. The summed E-state index contributed by atoms with van der Waals surface area (Å²) in [5.41, 5.74) is 8.96. The predicted molar refractivity (Wildman–Crippen MR) is 131 cm³/mol. The van der Waals surface area contributed by atoms with Gasteiger partial charge in [0.25, 0.3) is 0 Å². The minimum atomic E-state index is -3.16. The third kappa shape index (κ3) is 6.27. The predicted octanol–water partition coefficient (Wildman–Crippen LogP) is 3.28. The van der Waals surface area contributed by atoms with Crippen LogP contribution >= 0.6 is 11.8 Å². The lowest BCUT2D eigenvalue weighted by Crippen LogP contribution is -2.04. The van der Waals surface area contributed by atoms with Crippen LogP contribution in [0.4, 0.5) is 5.82 Å². The number of aliphatic hydroxyl groups is 1. The van der Waals surface area contributed by atoms with Crippen LogP contribution in [0.25, 0.3) is 11.1 Å². The van der Waals surface area contributed by atoms with Crippen LogP contribution in [0.3, 0.4) is 0 Å². The first-order chi connectivity index (χ1) is 16.3. The maximum Gasteiger partial charge on any atom is 0.151 e. The Bertz CT molecular complexity index is 1380. The Hall–Kier alpha value is -3.57. The zero-order chi connectivity index (χ0) is 24.7. The Morgan fingerprint density at radius 2 is 1.76 bits per heavy atom. The summed E-state index contributed by atoms with van der Waals surface area (Å²) in [6.45, 7) is 0.0398. The SMILES string of the molecule is CS(=O)(=O)Cc1cccc(CSc2nc(N)c(C#N)c(-c3ccc(OCCO)cc3)c2C#N)c1. The van der Waals surface area contributed by atoms with Crippen LogP contribution in [0.1, 0.15) is 22.3 Å². The number of sulfone groups is 1. The lowest BCUT2D eigenvalue weighted by Gasteiger charge is -2.14. The van der Waals surface area contributed by atoms with Gasteiger partial charge in [-0.15, -0.1) is 11.8 Å². The fourth-order valence-electron chi connectivity index (χ4n) is 3.34. The Kier molecular flexibility index (Phi) is 8.13. The summed E-state index contributed by atoms with van der Waals surface area (Å²) in [7, 11) is -3.16. The molecule has 1 heterocycles. The van der Waals surface area contributed by atoms with Gasteiger partial charge in [0.05, 0.1) is 17.9 Å². The van der Waals surface area contributed by atoms with Crippen LogP contribution in [0.5, 0.6) is 5.75 Å². The highest BCUT2D eigenvalue weighted by Gasteiger charge is 2.20.